The number of carbonyl (C=O) groups is 2. The molecule has 1 unspecified atom stereocenters. The molecule has 1 atom stereocenters. The molecule has 0 aliphatic rings. The lowest BCUT2D eigenvalue weighted by molar-refractivity contribution is 0.0693. The molecule has 0 bridgehead atoms. The van der Waals surface area contributed by atoms with E-state index in [4.69, 9.17) is 9.84 Å². The second kappa shape index (κ2) is 8.73. The number of hydrogen-bond donors (Lipinski definition) is 4. The number of aryl methyl sites for hydroxylation is 1. The van der Waals surface area contributed by atoms with Crippen LogP contribution in [-0.2, 0) is 6.61 Å². The first kappa shape index (κ1) is 20.5. The van der Waals surface area contributed by atoms with Gasteiger partial charge in [-0.2, -0.15) is 4.37 Å². The number of aliphatic hydroxyl groups excluding tert-OH is 1. The normalized spacial score (nSPS) is 11.7. The molecule has 11 heteroatoms. The van der Waals surface area contributed by atoms with Gasteiger partial charge in [0, 0.05) is 12.1 Å². The van der Waals surface area contributed by atoms with Gasteiger partial charge in [-0.3, -0.25) is 5.32 Å². The molecule has 2 rings (SSSR count). The van der Waals surface area contributed by atoms with Gasteiger partial charge in [0.2, 0.25) is 5.88 Å². The lowest BCUT2D eigenvalue weighted by Gasteiger charge is -2.09. The summed E-state index contributed by atoms with van der Waals surface area (Å²) in [5.41, 5.74) is -0.391. The lowest BCUT2D eigenvalue weighted by Crippen LogP contribution is -2.34. The Morgan fingerprint density at radius 1 is 1.33 bits per heavy atom. The summed E-state index contributed by atoms with van der Waals surface area (Å²) in [6.45, 7) is 2.40. The van der Waals surface area contributed by atoms with Crippen LogP contribution in [0.4, 0.5) is 18.6 Å². The fourth-order valence-corrected chi connectivity index (χ4v) is 2.70. The van der Waals surface area contributed by atoms with E-state index in [9.17, 15) is 23.5 Å². The van der Waals surface area contributed by atoms with E-state index in [1.54, 1.807) is 0 Å². The number of aliphatic hydroxyl groups is 1. The van der Waals surface area contributed by atoms with Crippen LogP contribution in [0.15, 0.2) is 12.1 Å². The summed E-state index contributed by atoms with van der Waals surface area (Å²) in [5, 5.41) is 23.0. The van der Waals surface area contributed by atoms with Gasteiger partial charge >= 0.3 is 12.0 Å². The topological polar surface area (TPSA) is 121 Å². The van der Waals surface area contributed by atoms with Crippen molar-refractivity contribution in [2.24, 2.45) is 0 Å². The first-order valence-corrected chi connectivity index (χ1v) is 8.49. The highest BCUT2D eigenvalue weighted by Gasteiger charge is 2.24. The van der Waals surface area contributed by atoms with Crippen LogP contribution in [0.1, 0.15) is 28.4 Å². The highest BCUT2D eigenvalue weighted by molar-refractivity contribution is 7.11. The molecule has 0 aliphatic heterocycles. The number of benzene rings is 1. The van der Waals surface area contributed by atoms with E-state index in [2.05, 4.69) is 15.0 Å². The number of carboxylic acids is 1. The zero-order valence-corrected chi connectivity index (χ0v) is 15.2. The summed E-state index contributed by atoms with van der Waals surface area (Å²) in [5.74, 6) is -3.07. The number of nitrogens with one attached hydrogen (secondary N) is 2. The standard InChI is InChI=1S/C16H17F2N3O5S/c1-7-3-11(18)9(4-10(7)17)6-26-13-12(15(23)24)14(27-21-13)20-16(25)19-5-8(2)22/h3-4,8,22H,5-6H2,1-2H3,(H,23,24)(H2,19,20,25). The summed E-state index contributed by atoms with van der Waals surface area (Å²) < 4.78 is 36.4. The molecule has 2 aromatic rings. The van der Waals surface area contributed by atoms with Crippen LogP contribution >= 0.6 is 11.5 Å². The maximum atomic E-state index is 13.9. The van der Waals surface area contributed by atoms with E-state index in [-0.39, 0.29) is 28.6 Å². The highest BCUT2D eigenvalue weighted by Crippen LogP contribution is 2.31. The van der Waals surface area contributed by atoms with Crippen molar-refractivity contribution < 1.29 is 33.3 Å². The lowest BCUT2D eigenvalue weighted by atomic mass is 10.1. The van der Waals surface area contributed by atoms with Gasteiger partial charge in [0.05, 0.1) is 6.10 Å². The summed E-state index contributed by atoms with van der Waals surface area (Å²) in [7, 11) is 0. The Morgan fingerprint density at radius 3 is 2.67 bits per heavy atom. The van der Waals surface area contributed by atoms with Crippen molar-refractivity contribution in [3.8, 4) is 5.88 Å². The molecule has 27 heavy (non-hydrogen) atoms. The minimum absolute atomic E-state index is 0.0331. The maximum absolute atomic E-state index is 13.9. The number of urea groups is 1. The number of amides is 2. The molecule has 1 heterocycles. The van der Waals surface area contributed by atoms with Crippen LogP contribution in [0.2, 0.25) is 0 Å². The smallest absolute Gasteiger partial charge is 0.344 e. The molecule has 1 aromatic carbocycles. The molecule has 1 aromatic heterocycles. The third-order valence-corrected chi connectivity index (χ3v) is 4.10. The Labute approximate surface area is 157 Å². The Bertz CT molecular complexity index is 857. The largest absolute Gasteiger partial charge is 0.477 e. The van der Waals surface area contributed by atoms with Gasteiger partial charge in [-0.05, 0) is 43.1 Å². The van der Waals surface area contributed by atoms with Crippen molar-refractivity contribution in [3.05, 3.63) is 40.5 Å². The van der Waals surface area contributed by atoms with Gasteiger partial charge in [0.15, 0.2) is 5.56 Å². The van der Waals surface area contributed by atoms with Gasteiger partial charge in [-0.1, -0.05) is 0 Å². The predicted octanol–water partition coefficient (Wildman–Crippen LogP) is 2.51. The van der Waals surface area contributed by atoms with Gasteiger partial charge < -0.3 is 20.3 Å². The second-order valence-electron chi connectivity index (χ2n) is 5.66. The molecule has 8 nitrogen and oxygen atoms in total. The molecule has 0 aliphatic carbocycles. The van der Waals surface area contributed by atoms with Crippen LogP contribution in [0, 0.1) is 18.6 Å². The van der Waals surface area contributed by atoms with Crippen LogP contribution in [0.3, 0.4) is 0 Å². The average Bonchev–Trinajstić information content (AvgIpc) is 2.97. The van der Waals surface area contributed by atoms with Crippen LogP contribution in [0.5, 0.6) is 5.88 Å². The van der Waals surface area contributed by atoms with E-state index >= 15 is 0 Å². The third-order valence-electron chi connectivity index (χ3n) is 3.35. The average molecular weight is 401 g/mol. The molecule has 2 amide bonds. The number of nitrogens with zero attached hydrogens (tertiary/aromatic N) is 1. The van der Waals surface area contributed by atoms with Crippen molar-refractivity contribution >= 4 is 28.5 Å². The van der Waals surface area contributed by atoms with Gasteiger partial charge in [0.25, 0.3) is 0 Å². The zero-order chi connectivity index (χ0) is 20.1. The highest BCUT2D eigenvalue weighted by atomic mass is 32.1. The van der Waals surface area contributed by atoms with E-state index in [1.165, 1.54) is 13.8 Å². The van der Waals surface area contributed by atoms with Crippen molar-refractivity contribution in [2.45, 2.75) is 26.6 Å². The number of rotatable bonds is 7. The predicted molar refractivity (Wildman–Crippen MR) is 93.2 cm³/mol. The van der Waals surface area contributed by atoms with E-state index in [0.717, 1.165) is 12.1 Å². The Kier molecular flexibility index (Phi) is 6.64. The van der Waals surface area contributed by atoms with Crippen molar-refractivity contribution in [2.75, 3.05) is 11.9 Å². The summed E-state index contributed by atoms with van der Waals surface area (Å²) in [6, 6.07) is 1.23. The van der Waals surface area contributed by atoms with Crippen LogP contribution in [-0.4, -0.2) is 39.2 Å². The SMILES string of the molecule is Cc1cc(F)c(COc2nsc(NC(=O)NCC(C)O)c2C(=O)O)cc1F. The number of aromatic nitrogens is 1. The first-order valence-electron chi connectivity index (χ1n) is 7.72. The maximum Gasteiger partial charge on any atom is 0.344 e. The van der Waals surface area contributed by atoms with E-state index in [0.29, 0.717) is 11.5 Å². The Balaban J connectivity index is 2.14. The summed E-state index contributed by atoms with van der Waals surface area (Å²) >= 11 is 0.654. The molecule has 0 spiro atoms. The molecular formula is C16H17F2N3O5S. The number of carboxylic acid groups (broad SMARTS) is 1. The Morgan fingerprint density at radius 2 is 2.04 bits per heavy atom. The molecule has 146 valence electrons. The number of ether oxygens (including phenoxy) is 1. The van der Waals surface area contributed by atoms with Gasteiger partial charge in [-0.25, -0.2) is 18.4 Å². The molecule has 0 fully saturated rings. The fraction of sp³-hybridized carbons (Fsp3) is 0.312. The quantitative estimate of drug-likeness (QED) is 0.566. The van der Waals surface area contributed by atoms with Crippen LogP contribution < -0.4 is 15.4 Å². The zero-order valence-electron chi connectivity index (χ0n) is 14.4. The number of anilines is 1. The van der Waals surface area contributed by atoms with Crippen LogP contribution in [0.25, 0.3) is 0 Å². The minimum Gasteiger partial charge on any atom is -0.477 e. The number of carbonyl (C=O) groups excluding carboxylic acids is 1. The Hall–Kier alpha value is -2.79. The molecular weight excluding hydrogens is 384 g/mol. The monoisotopic (exact) mass is 401 g/mol. The van der Waals surface area contributed by atoms with Crippen molar-refractivity contribution in [1.82, 2.24) is 9.69 Å². The number of hydrogen-bond acceptors (Lipinski definition) is 6. The van der Waals surface area contributed by atoms with Gasteiger partial charge in [0.1, 0.15) is 23.2 Å². The van der Waals surface area contributed by atoms with E-state index in [1.807, 2.05) is 0 Å². The van der Waals surface area contributed by atoms with Crippen molar-refractivity contribution in [1.29, 1.82) is 0 Å². The first-order chi connectivity index (χ1) is 12.7. The number of halogens is 2. The summed E-state index contributed by atoms with van der Waals surface area (Å²) in [6.07, 6.45) is -0.778. The molecule has 4 N–H and O–H groups in total. The van der Waals surface area contributed by atoms with Crippen molar-refractivity contribution in [3.63, 3.8) is 0 Å². The number of aromatic carboxylic acids is 1. The molecule has 0 saturated carbocycles. The molecule has 0 saturated heterocycles. The van der Waals surface area contributed by atoms with Gasteiger partial charge in [-0.15, -0.1) is 0 Å². The molecule has 0 radical (unpaired) electrons. The summed E-state index contributed by atoms with van der Waals surface area (Å²) in [4.78, 5) is 23.2. The third kappa shape index (κ3) is 5.34. The van der Waals surface area contributed by atoms with E-state index < -0.39 is 41.9 Å². The minimum atomic E-state index is -1.42. The second-order valence-corrected chi connectivity index (χ2v) is 6.44. The fourth-order valence-electron chi connectivity index (χ4n) is 1.98.